The molecule has 15 heavy (non-hydrogen) atoms. The number of benzene rings is 1. The zero-order valence-electron chi connectivity index (χ0n) is 8.71. The van der Waals surface area contributed by atoms with E-state index in [0.29, 0.717) is 0 Å². The molecule has 0 saturated heterocycles. The number of hydrogen-bond acceptors (Lipinski definition) is 3. The first-order valence-electron chi connectivity index (χ1n) is 4.80. The van der Waals surface area contributed by atoms with E-state index in [1.54, 1.807) is 12.2 Å². The lowest BCUT2D eigenvalue weighted by atomic mass is 10.2. The molecule has 3 nitrogen and oxygen atoms in total. The Morgan fingerprint density at radius 3 is 1.87 bits per heavy atom. The van der Waals surface area contributed by atoms with Gasteiger partial charge in [0.05, 0.1) is 12.3 Å². The standard InChI is InChI=1S/C12H17N3/c1-3-11(13)15(12(14)4-2)10-8-6-5-7-9-10/h3-9,11-12H,1-2,13-14H2. The third kappa shape index (κ3) is 2.68. The van der Waals surface area contributed by atoms with Crippen molar-refractivity contribution in [3.63, 3.8) is 0 Å². The lowest BCUT2D eigenvalue weighted by Crippen LogP contribution is -2.50. The largest absolute Gasteiger partial charge is 0.334 e. The Labute approximate surface area is 90.7 Å². The van der Waals surface area contributed by atoms with Gasteiger partial charge in [-0.2, -0.15) is 0 Å². The minimum absolute atomic E-state index is 0.319. The predicted octanol–water partition coefficient (Wildman–Crippen LogP) is 1.43. The van der Waals surface area contributed by atoms with Crippen LogP contribution in [0.5, 0.6) is 0 Å². The summed E-state index contributed by atoms with van der Waals surface area (Å²) in [4.78, 5) is 1.85. The second-order valence-corrected chi connectivity index (χ2v) is 3.20. The third-order valence-electron chi connectivity index (χ3n) is 2.18. The molecule has 2 unspecified atom stereocenters. The molecule has 80 valence electrons. The van der Waals surface area contributed by atoms with Crippen molar-refractivity contribution in [3.8, 4) is 0 Å². The first-order chi connectivity index (χ1) is 7.20. The highest BCUT2D eigenvalue weighted by atomic mass is 15.3. The summed E-state index contributed by atoms with van der Waals surface area (Å²) in [5, 5.41) is 0. The molecule has 0 fully saturated rings. The van der Waals surface area contributed by atoms with E-state index < -0.39 is 0 Å². The summed E-state index contributed by atoms with van der Waals surface area (Å²) < 4.78 is 0. The monoisotopic (exact) mass is 203 g/mol. The Bertz CT molecular complexity index is 307. The SMILES string of the molecule is C=CC(N)N(c1ccccc1)C(N)C=C. The first kappa shape index (κ1) is 11.5. The number of anilines is 1. The van der Waals surface area contributed by atoms with Crippen molar-refractivity contribution < 1.29 is 0 Å². The van der Waals surface area contributed by atoms with Crippen molar-refractivity contribution in [2.45, 2.75) is 12.3 Å². The number of nitrogens with two attached hydrogens (primary N) is 2. The second-order valence-electron chi connectivity index (χ2n) is 3.20. The molecule has 4 N–H and O–H groups in total. The molecule has 0 aliphatic rings. The molecule has 0 bridgehead atoms. The maximum Gasteiger partial charge on any atom is 0.0976 e. The molecule has 0 heterocycles. The van der Waals surface area contributed by atoms with Crippen molar-refractivity contribution in [3.05, 3.63) is 55.6 Å². The van der Waals surface area contributed by atoms with Crippen molar-refractivity contribution in [2.24, 2.45) is 11.5 Å². The summed E-state index contributed by atoms with van der Waals surface area (Å²) >= 11 is 0. The van der Waals surface area contributed by atoms with Crippen LogP contribution in [0, 0.1) is 0 Å². The van der Waals surface area contributed by atoms with E-state index in [2.05, 4.69) is 13.2 Å². The van der Waals surface area contributed by atoms with Crippen LogP contribution in [0.2, 0.25) is 0 Å². The average Bonchev–Trinajstić information content (AvgIpc) is 2.30. The molecule has 2 atom stereocenters. The molecule has 0 aromatic heterocycles. The fraction of sp³-hybridized carbons (Fsp3) is 0.167. The van der Waals surface area contributed by atoms with E-state index in [9.17, 15) is 0 Å². The maximum absolute atomic E-state index is 5.91. The zero-order valence-corrected chi connectivity index (χ0v) is 8.71. The lowest BCUT2D eigenvalue weighted by molar-refractivity contribution is 0.647. The molecule has 0 aliphatic carbocycles. The molecular weight excluding hydrogens is 186 g/mol. The Kier molecular flexibility index (Phi) is 4.09. The highest BCUT2D eigenvalue weighted by molar-refractivity contribution is 5.49. The molecule has 3 heteroatoms. The van der Waals surface area contributed by atoms with Gasteiger partial charge in [-0.1, -0.05) is 43.5 Å². The molecule has 0 aliphatic heterocycles. The third-order valence-corrected chi connectivity index (χ3v) is 2.18. The highest BCUT2D eigenvalue weighted by Gasteiger charge is 2.16. The van der Waals surface area contributed by atoms with Crippen molar-refractivity contribution in [1.82, 2.24) is 0 Å². The Morgan fingerprint density at radius 1 is 1.00 bits per heavy atom. The van der Waals surface area contributed by atoms with E-state index in [0.717, 1.165) is 5.69 Å². The molecule has 0 amide bonds. The van der Waals surface area contributed by atoms with Crippen LogP contribution < -0.4 is 16.4 Å². The number of nitrogens with zero attached hydrogens (tertiary/aromatic N) is 1. The van der Waals surface area contributed by atoms with Crippen LogP contribution in [0.15, 0.2) is 55.6 Å². The van der Waals surface area contributed by atoms with Crippen LogP contribution in [-0.4, -0.2) is 12.3 Å². The van der Waals surface area contributed by atoms with E-state index in [-0.39, 0.29) is 12.3 Å². The van der Waals surface area contributed by atoms with E-state index in [1.807, 2.05) is 35.2 Å². The van der Waals surface area contributed by atoms with Gasteiger partial charge in [-0.05, 0) is 12.1 Å². The van der Waals surface area contributed by atoms with Gasteiger partial charge in [0.15, 0.2) is 0 Å². The van der Waals surface area contributed by atoms with Gasteiger partial charge >= 0.3 is 0 Å². The molecular formula is C12H17N3. The lowest BCUT2D eigenvalue weighted by Gasteiger charge is -2.32. The van der Waals surface area contributed by atoms with Gasteiger partial charge in [0.2, 0.25) is 0 Å². The summed E-state index contributed by atoms with van der Waals surface area (Å²) in [6, 6.07) is 9.72. The highest BCUT2D eigenvalue weighted by Crippen LogP contribution is 2.16. The van der Waals surface area contributed by atoms with Crippen molar-refractivity contribution in [2.75, 3.05) is 4.90 Å². The number of rotatable bonds is 5. The average molecular weight is 203 g/mol. The zero-order chi connectivity index (χ0) is 11.3. The van der Waals surface area contributed by atoms with Crippen LogP contribution in [-0.2, 0) is 0 Å². The molecule has 1 aromatic carbocycles. The van der Waals surface area contributed by atoms with Crippen LogP contribution in [0.4, 0.5) is 5.69 Å². The van der Waals surface area contributed by atoms with Gasteiger partial charge in [-0.25, -0.2) is 0 Å². The van der Waals surface area contributed by atoms with Crippen LogP contribution in [0.3, 0.4) is 0 Å². The molecule has 0 spiro atoms. The summed E-state index contributed by atoms with van der Waals surface area (Å²) in [5.41, 5.74) is 12.8. The summed E-state index contributed by atoms with van der Waals surface area (Å²) in [6.45, 7) is 7.33. The summed E-state index contributed by atoms with van der Waals surface area (Å²) in [7, 11) is 0. The van der Waals surface area contributed by atoms with Gasteiger partial charge < -0.3 is 16.4 Å². The number of para-hydroxylation sites is 1. The minimum Gasteiger partial charge on any atom is -0.334 e. The molecule has 0 saturated carbocycles. The Hall–Kier alpha value is -1.58. The Balaban J connectivity index is 3.01. The maximum atomic E-state index is 5.91. The van der Waals surface area contributed by atoms with Gasteiger partial charge in [-0.15, -0.1) is 0 Å². The Morgan fingerprint density at radius 2 is 1.47 bits per heavy atom. The van der Waals surface area contributed by atoms with E-state index >= 15 is 0 Å². The second kappa shape index (κ2) is 5.34. The van der Waals surface area contributed by atoms with Crippen molar-refractivity contribution in [1.29, 1.82) is 0 Å². The van der Waals surface area contributed by atoms with Gasteiger partial charge in [0.25, 0.3) is 0 Å². The quantitative estimate of drug-likeness (QED) is 0.562. The predicted molar refractivity (Wildman–Crippen MR) is 65.3 cm³/mol. The van der Waals surface area contributed by atoms with Gasteiger partial charge in [-0.3, -0.25) is 0 Å². The summed E-state index contributed by atoms with van der Waals surface area (Å²) in [6.07, 6.45) is 2.66. The van der Waals surface area contributed by atoms with Gasteiger partial charge in [0.1, 0.15) is 0 Å². The van der Waals surface area contributed by atoms with E-state index in [4.69, 9.17) is 11.5 Å². The fourth-order valence-electron chi connectivity index (χ4n) is 1.37. The van der Waals surface area contributed by atoms with Crippen LogP contribution in [0.25, 0.3) is 0 Å². The fourth-order valence-corrected chi connectivity index (χ4v) is 1.37. The number of hydrogen-bond donors (Lipinski definition) is 2. The topological polar surface area (TPSA) is 55.3 Å². The molecule has 0 radical (unpaired) electrons. The van der Waals surface area contributed by atoms with E-state index in [1.165, 1.54) is 0 Å². The smallest absolute Gasteiger partial charge is 0.0976 e. The van der Waals surface area contributed by atoms with Gasteiger partial charge in [0, 0.05) is 5.69 Å². The summed E-state index contributed by atoms with van der Waals surface area (Å²) in [5.74, 6) is 0. The molecule has 1 rings (SSSR count). The van der Waals surface area contributed by atoms with Crippen molar-refractivity contribution >= 4 is 5.69 Å². The van der Waals surface area contributed by atoms with Crippen LogP contribution >= 0.6 is 0 Å². The first-order valence-corrected chi connectivity index (χ1v) is 4.80. The minimum atomic E-state index is -0.319. The molecule has 1 aromatic rings. The van der Waals surface area contributed by atoms with Crippen LogP contribution in [0.1, 0.15) is 0 Å². The normalized spacial score (nSPS) is 14.0.